The molecule has 6 nitrogen and oxygen atoms in total. The highest BCUT2D eigenvalue weighted by Crippen LogP contribution is 2.48. The van der Waals surface area contributed by atoms with Crippen molar-refractivity contribution in [3.05, 3.63) is 65.6 Å². The van der Waals surface area contributed by atoms with Crippen molar-refractivity contribution < 1.29 is 4.52 Å². The van der Waals surface area contributed by atoms with Crippen LogP contribution in [0, 0.1) is 0 Å². The molecule has 140 valence electrons. The molecule has 0 saturated carbocycles. The molecular formula is C21H25N5O. The Hall–Kier alpha value is -2.47. The van der Waals surface area contributed by atoms with E-state index in [0.717, 1.165) is 31.0 Å². The zero-order chi connectivity index (χ0) is 18.2. The van der Waals surface area contributed by atoms with E-state index < -0.39 is 0 Å². The molecule has 0 radical (unpaired) electrons. The summed E-state index contributed by atoms with van der Waals surface area (Å²) in [5.74, 6) is 2.00. The Bertz CT molecular complexity index is 902. The van der Waals surface area contributed by atoms with Gasteiger partial charge in [-0.3, -0.25) is 9.58 Å². The van der Waals surface area contributed by atoms with Gasteiger partial charge in [0.15, 0.2) is 5.82 Å². The van der Waals surface area contributed by atoms with E-state index in [-0.39, 0.29) is 0 Å². The third-order valence-electron chi connectivity index (χ3n) is 6.20. The standard InChI is InChI=1S/C21H25N5O/c1-25-16(11-12-22-25)9-10-20-23-21(24-27-20)17-14-19(15-6-3-2-4-7-15)26-13-5-8-18(17)26/h2-4,6-7,11-12,17-19H,5,8-10,13-14H2,1H3/t17-,18+,19-/m1/s1. The minimum Gasteiger partial charge on any atom is -0.339 e. The summed E-state index contributed by atoms with van der Waals surface area (Å²) < 4.78 is 7.49. The second-order valence-electron chi connectivity index (χ2n) is 7.71. The number of nitrogens with zero attached hydrogens (tertiary/aromatic N) is 5. The van der Waals surface area contributed by atoms with Crippen molar-refractivity contribution in [3.8, 4) is 0 Å². The molecule has 3 aromatic rings. The van der Waals surface area contributed by atoms with E-state index in [2.05, 4.69) is 45.5 Å². The Morgan fingerprint density at radius 2 is 2.04 bits per heavy atom. The van der Waals surface area contributed by atoms with E-state index in [1.165, 1.54) is 30.6 Å². The van der Waals surface area contributed by atoms with Gasteiger partial charge in [-0.25, -0.2) is 0 Å². The van der Waals surface area contributed by atoms with Crippen LogP contribution >= 0.6 is 0 Å². The predicted octanol–water partition coefficient (Wildman–Crippen LogP) is 3.28. The average Bonchev–Trinajstić information content (AvgIpc) is 3.45. The third kappa shape index (κ3) is 3.08. The van der Waals surface area contributed by atoms with Crippen LogP contribution in [0.2, 0.25) is 0 Å². The maximum atomic E-state index is 5.60. The molecule has 0 unspecified atom stereocenters. The van der Waals surface area contributed by atoms with E-state index in [0.29, 0.717) is 18.0 Å². The second kappa shape index (κ2) is 6.93. The molecular weight excluding hydrogens is 338 g/mol. The molecule has 0 N–H and O–H groups in total. The number of fused-ring (bicyclic) bond motifs is 1. The molecule has 0 amide bonds. The van der Waals surface area contributed by atoms with Gasteiger partial charge in [0.25, 0.3) is 0 Å². The summed E-state index contributed by atoms with van der Waals surface area (Å²) in [5, 5.41) is 8.59. The molecule has 1 aromatic carbocycles. The smallest absolute Gasteiger partial charge is 0.227 e. The number of aryl methyl sites for hydroxylation is 3. The van der Waals surface area contributed by atoms with Crippen LogP contribution in [0.5, 0.6) is 0 Å². The minimum atomic E-state index is 0.368. The summed E-state index contributed by atoms with van der Waals surface area (Å²) in [6, 6.07) is 13.9. The number of rotatable bonds is 5. The lowest BCUT2D eigenvalue weighted by Gasteiger charge is -2.24. The quantitative estimate of drug-likeness (QED) is 0.696. The maximum absolute atomic E-state index is 5.60. The lowest BCUT2D eigenvalue weighted by atomic mass is 9.94. The molecule has 2 aliphatic heterocycles. The zero-order valence-corrected chi connectivity index (χ0v) is 15.7. The Morgan fingerprint density at radius 1 is 1.15 bits per heavy atom. The van der Waals surface area contributed by atoms with Crippen molar-refractivity contribution in [2.75, 3.05) is 6.54 Å². The van der Waals surface area contributed by atoms with Gasteiger partial charge in [0.1, 0.15) is 0 Å². The van der Waals surface area contributed by atoms with Gasteiger partial charge in [0.2, 0.25) is 5.89 Å². The van der Waals surface area contributed by atoms with Gasteiger partial charge in [-0.05, 0) is 43.9 Å². The largest absolute Gasteiger partial charge is 0.339 e. The Kier molecular flexibility index (Phi) is 4.28. The Balaban J connectivity index is 1.33. The summed E-state index contributed by atoms with van der Waals surface area (Å²) in [6.45, 7) is 1.17. The fourth-order valence-corrected chi connectivity index (χ4v) is 4.85. The first-order valence-corrected chi connectivity index (χ1v) is 9.89. The molecule has 6 heteroatoms. The first-order chi connectivity index (χ1) is 13.3. The first kappa shape index (κ1) is 16.7. The van der Waals surface area contributed by atoms with Crippen LogP contribution in [0.25, 0.3) is 0 Å². The van der Waals surface area contributed by atoms with Gasteiger partial charge < -0.3 is 4.52 Å². The van der Waals surface area contributed by atoms with Crippen molar-refractivity contribution in [2.24, 2.45) is 7.05 Å². The highest BCUT2D eigenvalue weighted by Gasteiger charge is 2.46. The number of aromatic nitrogens is 4. The number of benzene rings is 1. The molecule has 4 heterocycles. The van der Waals surface area contributed by atoms with Crippen molar-refractivity contribution in [1.82, 2.24) is 24.8 Å². The number of hydrogen-bond acceptors (Lipinski definition) is 5. The molecule has 5 rings (SSSR count). The Labute approximate surface area is 159 Å². The lowest BCUT2D eigenvalue weighted by Crippen LogP contribution is -2.27. The molecule has 2 aromatic heterocycles. The molecule has 27 heavy (non-hydrogen) atoms. The van der Waals surface area contributed by atoms with Crippen molar-refractivity contribution in [3.63, 3.8) is 0 Å². The topological polar surface area (TPSA) is 60.0 Å². The van der Waals surface area contributed by atoms with E-state index in [1.807, 2.05) is 24.0 Å². The van der Waals surface area contributed by atoms with Crippen molar-refractivity contribution >= 4 is 0 Å². The zero-order valence-electron chi connectivity index (χ0n) is 15.7. The minimum absolute atomic E-state index is 0.368. The van der Waals surface area contributed by atoms with Crippen molar-refractivity contribution in [1.29, 1.82) is 0 Å². The van der Waals surface area contributed by atoms with Crippen LogP contribution in [0.15, 0.2) is 47.1 Å². The predicted molar refractivity (Wildman–Crippen MR) is 101 cm³/mol. The van der Waals surface area contributed by atoms with Gasteiger partial charge in [0, 0.05) is 43.4 Å². The van der Waals surface area contributed by atoms with E-state index in [9.17, 15) is 0 Å². The number of hydrogen-bond donors (Lipinski definition) is 0. The van der Waals surface area contributed by atoms with Gasteiger partial charge in [-0.1, -0.05) is 35.5 Å². The lowest BCUT2D eigenvalue weighted by molar-refractivity contribution is 0.243. The fraction of sp³-hybridized carbons (Fsp3) is 0.476. The molecule has 0 aliphatic carbocycles. The van der Waals surface area contributed by atoms with Gasteiger partial charge in [-0.2, -0.15) is 10.1 Å². The van der Waals surface area contributed by atoms with Gasteiger partial charge in [0.05, 0.1) is 0 Å². The molecule has 2 fully saturated rings. The normalized spacial score (nSPS) is 25.1. The highest BCUT2D eigenvalue weighted by atomic mass is 16.5. The third-order valence-corrected chi connectivity index (χ3v) is 6.20. The summed E-state index contributed by atoms with van der Waals surface area (Å²) in [5.41, 5.74) is 2.59. The highest BCUT2D eigenvalue weighted by molar-refractivity contribution is 5.24. The summed E-state index contributed by atoms with van der Waals surface area (Å²) >= 11 is 0. The van der Waals surface area contributed by atoms with Crippen molar-refractivity contribution in [2.45, 2.75) is 50.1 Å². The van der Waals surface area contributed by atoms with E-state index in [1.54, 1.807) is 0 Å². The van der Waals surface area contributed by atoms with Crippen LogP contribution < -0.4 is 0 Å². The van der Waals surface area contributed by atoms with Crippen LogP contribution in [-0.4, -0.2) is 37.4 Å². The van der Waals surface area contributed by atoms with Crippen LogP contribution in [0.1, 0.15) is 54.2 Å². The molecule has 0 bridgehead atoms. The SMILES string of the molecule is Cn1nccc1CCc1nc([C@@H]2C[C@H](c3ccccc3)N3CCC[C@@H]23)no1. The van der Waals surface area contributed by atoms with Gasteiger partial charge in [-0.15, -0.1) is 0 Å². The average molecular weight is 363 g/mol. The van der Waals surface area contributed by atoms with Gasteiger partial charge >= 0.3 is 0 Å². The molecule has 2 aliphatic rings. The van der Waals surface area contributed by atoms with Crippen LogP contribution in [-0.2, 0) is 19.9 Å². The molecule has 0 spiro atoms. The monoisotopic (exact) mass is 363 g/mol. The molecule has 2 saturated heterocycles. The second-order valence-corrected chi connectivity index (χ2v) is 7.71. The Morgan fingerprint density at radius 3 is 2.85 bits per heavy atom. The van der Waals surface area contributed by atoms with E-state index >= 15 is 0 Å². The van der Waals surface area contributed by atoms with E-state index in [4.69, 9.17) is 9.51 Å². The summed E-state index contributed by atoms with van der Waals surface area (Å²) in [6.07, 6.45) is 7.02. The maximum Gasteiger partial charge on any atom is 0.227 e. The van der Waals surface area contributed by atoms with Crippen LogP contribution in [0.3, 0.4) is 0 Å². The molecule has 3 atom stereocenters. The summed E-state index contributed by atoms with van der Waals surface area (Å²) in [7, 11) is 1.96. The fourth-order valence-electron chi connectivity index (χ4n) is 4.85. The first-order valence-electron chi connectivity index (χ1n) is 9.89. The van der Waals surface area contributed by atoms with Crippen LogP contribution in [0.4, 0.5) is 0 Å². The summed E-state index contributed by atoms with van der Waals surface area (Å²) in [4.78, 5) is 7.43.